The average molecular weight is 198 g/mol. The molecule has 0 N–H and O–H groups in total. The second-order valence-corrected chi connectivity index (χ2v) is 3.89. The number of ether oxygens (including phenoxy) is 1. The van der Waals surface area contributed by atoms with Crippen molar-refractivity contribution in [3.05, 3.63) is 22.4 Å². The second kappa shape index (κ2) is 5.89. The maximum atomic E-state index is 11.2. The fourth-order valence-electron chi connectivity index (χ4n) is 1.06. The molecule has 1 rings (SSSR count). The summed E-state index contributed by atoms with van der Waals surface area (Å²) >= 11 is 1.71. The number of carbonyl (C=O) groups is 1. The summed E-state index contributed by atoms with van der Waals surface area (Å²) in [5.74, 6) is 0.287. The van der Waals surface area contributed by atoms with Gasteiger partial charge in [0.2, 0.25) is 0 Å². The van der Waals surface area contributed by atoms with Crippen LogP contribution in [0.2, 0.25) is 0 Å². The average Bonchev–Trinajstić information content (AvgIpc) is 2.64. The Kier molecular flexibility index (Phi) is 4.72. The molecular formula is C10H14O2S. The van der Waals surface area contributed by atoms with Gasteiger partial charge in [0.1, 0.15) is 5.78 Å². The van der Waals surface area contributed by atoms with Crippen LogP contribution in [0.1, 0.15) is 17.7 Å². The molecule has 2 nitrogen and oxygen atoms in total. The molecule has 1 heterocycles. The Morgan fingerprint density at radius 3 is 3.00 bits per heavy atom. The molecule has 1 aromatic heterocycles. The molecule has 13 heavy (non-hydrogen) atoms. The zero-order valence-corrected chi connectivity index (χ0v) is 8.60. The predicted octanol–water partition coefficient (Wildman–Crippen LogP) is 2.29. The molecule has 0 aromatic carbocycles. The van der Waals surface area contributed by atoms with E-state index in [9.17, 15) is 4.79 Å². The number of aryl methyl sites for hydroxylation is 1. The number of methoxy groups -OCH3 is 1. The van der Waals surface area contributed by atoms with Gasteiger partial charge >= 0.3 is 0 Å². The molecule has 0 fully saturated rings. The number of thiophene rings is 1. The molecule has 0 aliphatic rings. The molecule has 0 radical (unpaired) electrons. The number of Topliss-reactive ketones (excluding diaryl/α,β-unsaturated/α-hetero) is 1. The third-order valence-electron chi connectivity index (χ3n) is 1.82. The van der Waals surface area contributed by atoms with Gasteiger partial charge in [-0.1, -0.05) is 6.07 Å². The molecule has 0 atom stereocenters. The van der Waals surface area contributed by atoms with Crippen molar-refractivity contribution in [2.45, 2.75) is 19.3 Å². The number of ketones is 1. The van der Waals surface area contributed by atoms with Crippen LogP contribution in [-0.4, -0.2) is 19.5 Å². The van der Waals surface area contributed by atoms with E-state index in [1.54, 1.807) is 18.4 Å². The third-order valence-corrected chi connectivity index (χ3v) is 2.75. The van der Waals surface area contributed by atoms with Crippen molar-refractivity contribution in [3.8, 4) is 0 Å². The van der Waals surface area contributed by atoms with Gasteiger partial charge in [-0.2, -0.15) is 0 Å². The van der Waals surface area contributed by atoms with Gasteiger partial charge in [-0.15, -0.1) is 11.3 Å². The highest BCUT2D eigenvalue weighted by atomic mass is 32.1. The van der Waals surface area contributed by atoms with E-state index >= 15 is 0 Å². The summed E-state index contributed by atoms with van der Waals surface area (Å²) in [5, 5.41) is 2.04. The van der Waals surface area contributed by atoms with Gasteiger partial charge in [0.25, 0.3) is 0 Å². The highest BCUT2D eigenvalue weighted by Crippen LogP contribution is 2.11. The quantitative estimate of drug-likeness (QED) is 0.701. The van der Waals surface area contributed by atoms with Crippen LogP contribution >= 0.6 is 11.3 Å². The monoisotopic (exact) mass is 198 g/mol. The number of hydrogen-bond donors (Lipinski definition) is 0. The molecule has 0 unspecified atom stereocenters. The maximum Gasteiger partial charge on any atom is 0.135 e. The Labute approximate surface area is 82.5 Å². The Morgan fingerprint density at radius 2 is 2.38 bits per heavy atom. The highest BCUT2D eigenvalue weighted by molar-refractivity contribution is 7.09. The lowest BCUT2D eigenvalue weighted by molar-refractivity contribution is -0.119. The highest BCUT2D eigenvalue weighted by Gasteiger charge is 2.02. The minimum atomic E-state index is 0.287. The summed E-state index contributed by atoms with van der Waals surface area (Å²) in [5.41, 5.74) is 0. The Balaban J connectivity index is 2.15. The van der Waals surface area contributed by atoms with Gasteiger partial charge in [-0.3, -0.25) is 4.79 Å². The molecule has 0 amide bonds. The maximum absolute atomic E-state index is 11.2. The number of hydrogen-bond acceptors (Lipinski definition) is 3. The Hall–Kier alpha value is -0.670. The van der Waals surface area contributed by atoms with E-state index in [4.69, 9.17) is 4.74 Å². The van der Waals surface area contributed by atoms with Crippen LogP contribution in [0.3, 0.4) is 0 Å². The van der Waals surface area contributed by atoms with Crippen molar-refractivity contribution in [2.24, 2.45) is 0 Å². The fraction of sp³-hybridized carbons (Fsp3) is 0.500. The van der Waals surface area contributed by atoms with Crippen molar-refractivity contribution >= 4 is 17.1 Å². The molecule has 0 aliphatic heterocycles. The molecule has 0 saturated carbocycles. The van der Waals surface area contributed by atoms with Crippen molar-refractivity contribution in [1.29, 1.82) is 0 Å². The lowest BCUT2D eigenvalue weighted by atomic mass is 10.1. The molecule has 1 aromatic rings. The van der Waals surface area contributed by atoms with Gasteiger partial charge in [-0.25, -0.2) is 0 Å². The van der Waals surface area contributed by atoms with Crippen LogP contribution < -0.4 is 0 Å². The summed E-state index contributed by atoms with van der Waals surface area (Å²) < 4.78 is 4.83. The molecule has 72 valence electrons. The molecule has 0 saturated heterocycles. The SMILES string of the molecule is COCCC(=O)CCc1cccs1. The van der Waals surface area contributed by atoms with E-state index < -0.39 is 0 Å². The van der Waals surface area contributed by atoms with Gasteiger partial charge < -0.3 is 4.74 Å². The van der Waals surface area contributed by atoms with Crippen molar-refractivity contribution in [2.75, 3.05) is 13.7 Å². The molecule has 0 bridgehead atoms. The van der Waals surface area contributed by atoms with Crippen LogP contribution in [0.15, 0.2) is 17.5 Å². The van der Waals surface area contributed by atoms with E-state index in [0.717, 1.165) is 6.42 Å². The van der Waals surface area contributed by atoms with Crippen LogP contribution in [0.25, 0.3) is 0 Å². The summed E-state index contributed by atoms with van der Waals surface area (Å²) in [6, 6.07) is 4.08. The second-order valence-electron chi connectivity index (χ2n) is 2.86. The fourth-order valence-corrected chi connectivity index (χ4v) is 1.77. The van der Waals surface area contributed by atoms with Crippen molar-refractivity contribution in [1.82, 2.24) is 0 Å². The van der Waals surface area contributed by atoms with Crippen LogP contribution in [0, 0.1) is 0 Å². The minimum absolute atomic E-state index is 0.287. The first-order valence-electron chi connectivity index (χ1n) is 4.36. The van der Waals surface area contributed by atoms with E-state index in [1.807, 2.05) is 11.4 Å². The molecular weight excluding hydrogens is 184 g/mol. The topological polar surface area (TPSA) is 26.3 Å². The largest absolute Gasteiger partial charge is 0.384 e. The molecule has 0 aliphatic carbocycles. The van der Waals surface area contributed by atoms with Gasteiger partial charge in [0.15, 0.2) is 0 Å². The summed E-state index contributed by atoms with van der Waals surface area (Å²) in [6.07, 6.45) is 2.06. The normalized spacial score (nSPS) is 10.2. The smallest absolute Gasteiger partial charge is 0.135 e. The van der Waals surface area contributed by atoms with Crippen molar-refractivity contribution in [3.63, 3.8) is 0 Å². The zero-order valence-electron chi connectivity index (χ0n) is 7.79. The number of carbonyl (C=O) groups excluding carboxylic acids is 1. The van der Waals surface area contributed by atoms with E-state index in [1.165, 1.54) is 4.88 Å². The lowest BCUT2D eigenvalue weighted by Gasteiger charge is -1.98. The van der Waals surface area contributed by atoms with E-state index in [0.29, 0.717) is 19.4 Å². The summed E-state index contributed by atoms with van der Waals surface area (Å²) in [7, 11) is 1.62. The summed E-state index contributed by atoms with van der Waals surface area (Å²) in [6.45, 7) is 0.545. The first-order valence-corrected chi connectivity index (χ1v) is 5.24. The van der Waals surface area contributed by atoms with Crippen LogP contribution in [0.4, 0.5) is 0 Å². The van der Waals surface area contributed by atoms with Gasteiger partial charge in [-0.05, 0) is 17.9 Å². The summed E-state index contributed by atoms with van der Waals surface area (Å²) in [4.78, 5) is 12.5. The zero-order chi connectivity index (χ0) is 9.52. The predicted molar refractivity (Wildman–Crippen MR) is 54.1 cm³/mol. The van der Waals surface area contributed by atoms with Gasteiger partial charge in [0, 0.05) is 24.8 Å². The lowest BCUT2D eigenvalue weighted by Crippen LogP contribution is -2.03. The Bertz CT molecular complexity index is 241. The third kappa shape index (κ3) is 4.20. The molecule has 3 heteroatoms. The Morgan fingerprint density at radius 1 is 1.54 bits per heavy atom. The molecule has 0 spiro atoms. The standard InChI is InChI=1S/C10H14O2S/c1-12-7-6-9(11)4-5-10-3-2-8-13-10/h2-3,8H,4-7H2,1H3. The first-order chi connectivity index (χ1) is 6.33. The van der Waals surface area contributed by atoms with Crippen molar-refractivity contribution < 1.29 is 9.53 Å². The minimum Gasteiger partial charge on any atom is -0.384 e. The number of rotatable bonds is 6. The van der Waals surface area contributed by atoms with Crippen LogP contribution in [0.5, 0.6) is 0 Å². The van der Waals surface area contributed by atoms with E-state index in [-0.39, 0.29) is 5.78 Å². The van der Waals surface area contributed by atoms with Crippen LogP contribution in [-0.2, 0) is 16.0 Å². The van der Waals surface area contributed by atoms with Gasteiger partial charge in [0.05, 0.1) is 6.61 Å². The first kappa shape index (κ1) is 10.4. The van der Waals surface area contributed by atoms with E-state index in [2.05, 4.69) is 6.07 Å².